The highest BCUT2D eigenvalue weighted by Gasteiger charge is 2.18. The lowest BCUT2D eigenvalue weighted by atomic mass is 10.2. The second-order valence-corrected chi connectivity index (χ2v) is 7.15. The first-order valence-electron chi connectivity index (χ1n) is 9.83. The lowest BCUT2D eigenvalue weighted by Crippen LogP contribution is -2.27. The van der Waals surface area contributed by atoms with Gasteiger partial charge in [-0.05, 0) is 48.4 Å². The number of hydrogen-bond acceptors (Lipinski definition) is 2. The zero-order chi connectivity index (χ0) is 20.9. The number of nitrogens with one attached hydrogen (secondary N) is 1. The van der Waals surface area contributed by atoms with Gasteiger partial charge in [0.2, 0.25) is 5.91 Å². The van der Waals surface area contributed by atoms with E-state index in [1.807, 2.05) is 61.5 Å². The number of rotatable bonds is 6. The highest BCUT2D eigenvalue weighted by Crippen LogP contribution is 2.22. The molecule has 1 heterocycles. The first kappa shape index (κ1) is 19.6. The molecule has 1 N–H and O–H groups in total. The van der Waals surface area contributed by atoms with Crippen LogP contribution in [0.1, 0.15) is 29.9 Å². The van der Waals surface area contributed by atoms with Crippen LogP contribution in [0.5, 0.6) is 0 Å². The summed E-state index contributed by atoms with van der Waals surface area (Å²) >= 11 is 0. The van der Waals surface area contributed by atoms with Gasteiger partial charge >= 0.3 is 0 Å². The van der Waals surface area contributed by atoms with Crippen LogP contribution in [0.4, 0.5) is 4.39 Å². The van der Waals surface area contributed by atoms with Gasteiger partial charge in [0, 0.05) is 12.6 Å². The van der Waals surface area contributed by atoms with Gasteiger partial charge in [-0.3, -0.25) is 4.79 Å². The van der Waals surface area contributed by atoms with Crippen molar-refractivity contribution in [1.82, 2.24) is 14.9 Å². The van der Waals surface area contributed by atoms with Crippen LogP contribution in [-0.2, 0) is 11.3 Å². The SMILES string of the molecule is CC(NC(=O)/C=C\c1ccccc1)c1nc2ccccc2n1Cc1ccc(F)cc1. The third kappa shape index (κ3) is 4.46. The van der Waals surface area contributed by atoms with Crippen LogP contribution in [0.3, 0.4) is 0 Å². The normalized spacial score (nSPS) is 12.3. The van der Waals surface area contributed by atoms with Crippen LogP contribution in [-0.4, -0.2) is 15.5 Å². The number of nitrogens with zero attached hydrogens (tertiary/aromatic N) is 2. The maximum absolute atomic E-state index is 13.3. The van der Waals surface area contributed by atoms with E-state index in [2.05, 4.69) is 9.88 Å². The summed E-state index contributed by atoms with van der Waals surface area (Å²) < 4.78 is 15.4. The minimum atomic E-state index is -0.300. The molecule has 0 saturated heterocycles. The van der Waals surface area contributed by atoms with E-state index in [1.165, 1.54) is 18.2 Å². The Hall–Kier alpha value is -3.73. The number of imidazole rings is 1. The van der Waals surface area contributed by atoms with Crippen molar-refractivity contribution in [3.8, 4) is 0 Å². The number of carbonyl (C=O) groups excluding carboxylic acids is 1. The van der Waals surface area contributed by atoms with Gasteiger partial charge in [0.05, 0.1) is 17.1 Å². The molecular formula is C25H22FN3O. The predicted molar refractivity (Wildman–Crippen MR) is 117 cm³/mol. The van der Waals surface area contributed by atoms with Gasteiger partial charge < -0.3 is 9.88 Å². The molecule has 4 nitrogen and oxygen atoms in total. The Labute approximate surface area is 174 Å². The highest BCUT2D eigenvalue weighted by atomic mass is 19.1. The maximum atomic E-state index is 13.3. The Kier molecular flexibility index (Phi) is 5.70. The van der Waals surface area contributed by atoms with Crippen molar-refractivity contribution < 1.29 is 9.18 Å². The standard InChI is InChI=1S/C25H22FN3O/c1-18(27-24(30)16-13-19-7-3-2-4-8-19)25-28-22-9-5-6-10-23(22)29(25)17-20-11-14-21(26)15-12-20/h2-16,18H,17H2,1H3,(H,27,30)/b16-13-. The molecule has 4 aromatic rings. The number of fused-ring (bicyclic) bond motifs is 1. The number of hydrogen-bond donors (Lipinski definition) is 1. The van der Waals surface area contributed by atoms with Crippen LogP contribution in [0.15, 0.2) is 84.9 Å². The molecule has 1 aromatic heterocycles. The summed E-state index contributed by atoms with van der Waals surface area (Å²) in [5, 5.41) is 2.99. The average Bonchev–Trinajstić information content (AvgIpc) is 3.13. The van der Waals surface area contributed by atoms with Crippen molar-refractivity contribution in [2.24, 2.45) is 0 Å². The summed E-state index contributed by atoms with van der Waals surface area (Å²) in [5.74, 6) is 0.300. The van der Waals surface area contributed by atoms with Crippen molar-refractivity contribution in [3.63, 3.8) is 0 Å². The Morgan fingerprint density at radius 1 is 1.03 bits per heavy atom. The molecule has 1 amide bonds. The largest absolute Gasteiger partial charge is 0.343 e. The molecule has 0 aliphatic heterocycles. The minimum Gasteiger partial charge on any atom is -0.343 e. The van der Waals surface area contributed by atoms with E-state index in [1.54, 1.807) is 18.2 Å². The highest BCUT2D eigenvalue weighted by molar-refractivity contribution is 5.92. The zero-order valence-corrected chi connectivity index (χ0v) is 16.6. The molecular weight excluding hydrogens is 377 g/mol. The van der Waals surface area contributed by atoms with Gasteiger partial charge in [0.25, 0.3) is 0 Å². The molecule has 0 aliphatic rings. The van der Waals surface area contributed by atoms with Gasteiger partial charge in [-0.1, -0.05) is 54.6 Å². The molecule has 1 unspecified atom stereocenters. The monoisotopic (exact) mass is 399 g/mol. The number of benzene rings is 3. The Bertz CT molecular complexity index is 1180. The van der Waals surface area contributed by atoms with Gasteiger partial charge in [-0.15, -0.1) is 0 Å². The molecule has 0 spiro atoms. The minimum absolute atomic E-state index is 0.188. The number of aromatic nitrogens is 2. The van der Waals surface area contributed by atoms with Crippen LogP contribution in [0.2, 0.25) is 0 Å². The number of carbonyl (C=O) groups is 1. The van der Waals surface area contributed by atoms with E-state index >= 15 is 0 Å². The summed E-state index contributed by atoms with van der Waals surface area (Å²) in [6.07, 6.45) is 3.31. The lowest BCUT2D eigenvalue weighted by Gasteiger charge is -2.16. The van der Waals surface area contributed by atoms with Crippen LogP contribution < -0.4 is 5.32 Å². The average molecular weight is 399 g/mol. The fraction of sp³-hybridized carbons (Fsp3) is 0.120. The van der Waals surface area contributed by atoms with E-state index in [9.17, 15) is 9.18 Å². The van der Waals surface area contributed by atoms with Crippen LogP contribution in [0.25, 0.3) is 17.1 Å². The maximum Gasteiger partial charge on any atom is 0.244 e. The smallest absolute Gasteiger partial charge is 0.244 e. The second-order valence-electron chi connectivity index (χ2n) is 7.15. The third-order valence-electron chi connectivity index (χ3n) is 4.91. The summed E-state index contributed by atoms with van der Waals surface area (Å²) in [6.45, 7) is 2.45. The molecule has 0 fully saturated rings. The molecule has 150 valence electrons. The van der Waals surface area contributed by atoms with Gasteiger partial charge in [0.1, 0.15) is 11.6 Å². The summed E-state index contributed by atoms with van der Waals surface area (Å²) in [4.78, 5) is 17.2. The molecule has 0 bridgehead atoms. The fourth-order valence-electron chi connectivity index (χ4n) is 3.43. The summed E-state index contributed by atoms with van der Waals surface area (Å²) in [5.41, 5.74) is 3.75. The molecule has 1 atom stereocenters. The van der Waals surface area contributed by atoms with Crippen LogP contribution >= 0.6 is 0 Å². The Morgan fingerprint density at radius 2 is 1.73 bits per heavy atom. The number of amides is 1. The molecule has 30 heavy (non-hydrogen) atoms. The lowest BCUT2D eigenvalue weighted by molar-refractivity contribution is -0.117. The molecule has 0 saturated carbocycles. The predicted octanol–water partition coefficient (Wildman–Crippen LogP) is 5.11. The number of halogens is 1. The Morgan fingerprint density at radius 3 is 2.50 bits per heavy atom. The van der Waals surface area contributed by atoms with E-state index in [-0.39, 0.29) is 17.8 Å². The van der Waals surface area contributed by atoms with E-state index in [0.717, 1.165) is 28.0 Å². The van der Waals surface area contributed by atoms with E-state index < -0.39 is 0 Å². The zero-order valence-electron chi connectivity index (χ0n) is 16.6. The van der Waals surface area contributed by atoms with Gasteiger partial charge in [0.15, 0.2) is 0 Å². The molecule has 5 heteroatoms. The first-order chi connectivity index (χ1) is 14.6. The second kappa shape index (κ2) is 8.74. The molecule has 0 radical (unpaired) electrons. The van der Waals surface area contributed by atoms with Crippen molar-refractivity contribution in [2.45, 2.75) is 19.5 Å². The number of para-hydroxylation sites is 2. The summed E-state index contributed by atoms with van der Waals surface area (Å²) in [6, 6.07) is 23.6. The summed E-state index contributed by atoms with van der Waals surface area (Å²) in [7, 11) is 0. The van der Waals surface area contributed by atoms with Crippen molar-refractivity contribution in [2.75, 3.05) is 0 Å². The van der Waals surface area contributed by atoms with Gasteiger partial charge in [-0.25, -0.2) is 9.37 Å². The van der Waals surface area contributed by atoms with Gasteiger partial charge in [-0.2, -0.15) is 0 Å². The molecule has 4 rings (SSSR count). The molecule has 0 aliphatic carbocycles. The van der Waals surface area contributed by atoms with Crippen LogP contribution in [0, 0.1) is 5.82 Å². The quantitative estimate of drug-likeness (QED) is 0.458. The van der Waals surface area contributed by atoms with E-state index in [4.69, 9.17) is 4.98 Å². The molecule has 3 aromatic carbocycles. The Balaban J connectivity index is 1.58. The van der Waals surface area contributed by atoms with Crippen molar-refractivity contribution in [1.29, 1.82) is 0 Å². The topological polar surface area (TPSA) is 46.9 Å². The van der Waals surface area contributed by atoms with Crippen molar-refractivity contribution >= 4 is 23.0 Å². The fourth-order valence-corrected chi connectivity index (χ4v) is 3.43. The van der Waals surface area contributed by atoms with E-state index in [0.29, 0.717) is 6.54 Å². The van der Waals surface area contributed by atoms with Crippen molar-refractivity contribution in [3.05, 3.63) is 108 Å². The first-order valence-corrected chi connectivity index (χ1v) is 9.83. The third-order valence-corrected chi connectivity index (χ3v) is 4.91.